The first-order valence-electron chi connectivity index (χ1n) is 10.9. The molecule has 0 bridgehead atoms. The highest BCUT2D eigenvalue weighted by atomic mass is 35.5. The predicted octanol–water partition coefficient (Wildman–Crippen LogP) is 4.79. The number of anilines is 3. The number of aromatic nitrogens is 2. The largest absolute Gasteiger partial charge is 0.395 e. The molecule has 8 nitrogen and oxygen atoms in total. The van der Waals surface area contributed by atoms with Gasteiger partial charge >= 0.3 is 6.03 Å². The van der Waals surface area contributed by atoms with Gasteiger partial charge in [-0.25, -0.2) is 14.2 Å². The Bertz CT molecular complexity index is 1440. The second kappa shape index (κ2) is 10.5. The Morgan fingerprint density at radius 1 is 1.17 bits per heavy atom. The maximum absolute atomic E-state index is 14.6. The van der Waals surface area contributed by atoms with Crippen LogP contribution in [0.15, 0.2) is 65.7 Å². The molecule has 0 radical (unpaired) electrons. The minimum atomic E-state index is -0.743. The van der Waals surface area contributed by atoms with Crippen LogP contribution in [-0.4, -0.2) is 33.8 Å². The van der Waals surface area contributed by atoms with E-state index in [-0.39, 0.29) is 28.6 Å². The molecule has 4 N–H and O–H groups in total. The number of para-hydroxylation sites is 1. The maximum atomic E-state index is 14.6. The minimum Gasteiger partial charge on any atom is -0.395 e. The third kappa shape index (κ3) is 5.26. The number of carbonyl (C=O) groups excluding carboxylic acids is 1. The number of hydrogen-bond donors (Lipinski definition) is 4. The zero-order chi connectivity index (χ0) is 24.9. The molecular formula is C25H23ClFN5O3. The molecule has 0 unspecified atom stereocenters. The highest BCUT2D eigenvalue weighted by molar-refractivity contribution is 6.32. The van der Waals surface area contributed by atoms with Crippen molar-refractivity contribution in [3.63, 3.8) is 0 Å². The number of aryl methyl sites for hydroxylation is 1. The first-order valence-corrected chi connectivity index (χ1v) is 11.3. The monoisotopic (exact) mass is 495 g/mol. The van der Waals surface area contributed by atoms with Crippen LogP contribution in [0.1, 0.15) is 12.5 Å². The number of aliphatic hydroxyl groups is 1. The number of nitrogens with one attached hydrogen (secondary N) is 3. The third-order valence-corrected chi connectivity index (χ3v) is 5.66. The molecule has 180 valence electrons. The van der Waals surface area contributed by atoms with Crippen molar-refractivity contribution in [2.45, 2.75) is 13.3 Å². The molecule has 0 atom stereocenters. The molecule has 2 amide bonds. The Kier molecular flexibility index (Phi) is 7.28. The Labute approximate surface area is 205 Å². The van der Waals surface area contributed by atoms with E-state index in [1.54, 1.807) is 42.7 Å². The van der Waals surface area contributed by atoms with Crippen LogP contribution in [0.2, 0.25) is 5.02 Å². The standard InChI is InChI=1S/C25H23ClFN5O3/c1-2-17-18-10-23(28-8-9-33)29-13-15(18)14-32(24(17)34)22-12-21(20(27)11-19(22)26)31-25(35)30-16-6-4-3-5-7-16/h3-7,10-14,28,33H,2,8-9H2,1H3,(H2,30,31,35). The molecule has 10 heteroatoms. The molecule has 4 rings (SSSR count). The molecule has 0 aliphatic rings. The molecule has 35 heavy (non-hydrogen) atoms. The number of carbonyl (C=O) groups is 1. The van der Waals surface area contributed by atoms with Gasteiger partial charge in [0.25, 0.3) is 5.56 Å². The Hall–Kier alpha value is -3.95. The molecule has 0 saturated heterocycles. The van der Waals surface area contributed by atoms with E-state index in [1.807, 2.05) is 13.0 Å². The fraction of sp³-hybridized carbons (Fsp3) is 0.160. The average molecular weight is 496 g/mol. The van der Waals surface area contributed by atoms with Gasteiger partial charge in [0.1, 0.15) is 11.6 Å². The van der Waals surface area contributed by atoms with Gasteiger partial charge in [0.2, 0.25) is 0 Å². The van der Waals surface area contributed by atoms with E-state index in [0.717, 1.165) is 6.07 Å². The zero-order valence-electron chi connectivity index (χ0n) is 18.8. The quantitative estimate of drug-likeness (QED) is 0.295. The van der Waals surface area contributed by atoms with Crippen LogP contribution in [0.3, 0.4) is 0 Å². The van der Waals surface area contributed by atoms with E-state index >= 15 is 0 Å². The Morgan fingerprint density at radius 2 is 1.94 bits per heavy atom. The van der Waals surface area contributed by atoms with Crippen molar-refractivity contribution in [3.05, 3.63) is 87.7 Å². The van der Waals surface area contributed by atoms with Gasteiger partial charge in [-0.1, -0.05) is 36.7 Å². The molecule has 0 fully saturated rings. The van der Waals surface area contributed by atoms with Crippen LogP contribution in [0, 0.1) is 5.82 Å². The van der Waals surface area contributed by atoms with E-state index in [1.165, 1.54) is 10.6 Å². The topological polar surface area (TPSA) is 108 Å². The van der Waals surface area contributed by atoms with Crippen molar-refractivity contribution < 1.29 is 14.3 Å². The van der Waals surface area contributed by atoms with Crippen LogP contribution in [-0.2, 0) is 6.42 Å². The van der Waals surface area contributed by atoms with Crippen LogP contribution >= 0.6 is 11.6 Å². The van der Waals surface area contributed by atoms with E-state index in [0.29, 0.717) is 40.8 Å². The number of amides is 2. The number of benzene rings is 2. The summed E-state index contributed by atoms with van der Waals surface area (Å²) in [4.78, 5) is 30.1. The van der Waals surface area contributed by atoms with E-state index < -0.39 is 11.8 Å². The van der Waals surface area contributed by atoms with Gasteiger partial charge in [0.15, 0.2) is 0 Å². The van der Waals surface area contributed by atoms with E-state index in [2.05, 4.69) is 20.9 Å². The highest BCUT2D eigenvalue weighted by Gasteiger charge is 2.17. The minimum absolute atomic E-state index is 0.00853. The lowest BCUT2D eigenvalue weighted by Crippen LogP contribution is -2.23. The van der Waals surface area contributed by atoms with Crippen molar-refractivity contribution in [1.82, 2.24) is 9.55 Å². The van der Waals surface area contributed by atoms with Gasteiger partial charge < -0.3 is 21.1 Å². The molecule has 0 saturated carbocycles. The van der Waals surface area contributed by atoms with Crippen LogP contribution in [0.4, 0.5) is 26.4 Å². The average Bonchev–Trinajstić information content (AvgIpc) is 2.85. The summed E-state index contributed by atoms with van der Waals surface area (Å²) in [7, 11) is 0. The molecule has 4 aromatic rings. The second-order valence-corrected chi connectivity index (χ2v) is 8.08. The lowest BCUT2D eigenvalue weighted by Gasteiger charge is -2.16. The van der Waals surface area contributed by atoms with Gasteiger partial charge in [-0.2, -0.15) is 0 Å². The Balaban J connectivity index is 1.74. The highest BCUT2D eigenvalue weighted by Crippen LogP contribution is 2.29. The molecule has 2 heterocycles. The van der Waals surface area contributed by atoms with Gasteiger partial charge in [-0.05, 0) is 42.1 Å². The second-order valence-electron chi connectivity index (χ2n) is 7.67. The number of fused-ring (bicyclic) bond motifs is 1. The fourth-order valence-corrected chi connectivity index (χ4v) is 3.96. The summed E-state index contributed by atoms with van der Waals surface area (Å²) in [5, 5.41) is 18.5. The number of rotatable bonds is 7. The zero-order valence-corrected chi connectivity index (χ0v) is 19.6. The number of urea groups is 1. The fourth-order valence-electron chi connectivity index (χ4n) is 3.71. The normalized spacial score (nSPS) is 10.9. The summed E-state index contributed by atoms with van der Waals surface area (Å²) in [5.41, 5.74) is 0.816. The lowest BCUT2D eigenvalue weighted by molar-refractivity contribution is 0.262. The smallest absolute Gasteiger partial charge is 0.323 e. The Morgan fingerprint density at radius 3 is 2.66 bits per heavy atom. The molecule has 2 aromatic heterocycles. The first-order chi connectivity index (χ1) is 16.9. The van der Waals surface area contributed by atoms with Gasteiger partial charge in [-0.3, -0.25) is 9.36 Å². The van der Waals surface area contributed by atoms with E-state index in [9.17, 15) is 14.0 Å². The number of halogens is 2. The van der Waals surface area contributed by atoms with Crippen molar-refractivity contribution in [2.24, 2.45) is 0 Å². The number of pyridine rings is 2. The SMILES string of the molecule is CCc1c(=O)n(-c2cc(NC(=O)Nc3ccccc3)c(F)cc2Cl)cc2cnc(NCCO)cc12. The summed E-state index contributed by atoms with van der Waals surface area (Å²) in [6.07, 6.45) is 3.61. The number of nitrogens with zero attached hydrogens (tertiary/aromatic N) is 2. The van der Waals surface area contributed by atoms with Crippen molar-refractivity contribution >= 4 is 45.6 Å². The van der Waals surface area contributed by atoms with E-state index in [4.69, 9.17) is 16.7 Å². The first kappa shape index (κ1) is 24.2. The summed E-state index contributed by atoms with van der Waals surface area (Å²) in [6.45, 7) is 2.13. The third-order valence-electron chi connectivity index (χ3n) is 5.35. The van der Waals surface area contributed by atoms with Gasteiger partial charge in [0, 0.05) is 35.6 Å². The predicted molar refractivity (Wildman–Crippen MR) is 136 cm³/mol. The lowest BCUT2D eigenvalue weighted by atomic mass is 10.1. The number of aliphatic hydroxyl groups excluding tert-OH is 1. The van der Waals surface area contributed by atoms with Gasteiger partial charge in [-0.15, -0.1) is 0 Å². The van der Waals surface area contributed by atoms with Crippen molar-refractivity contribution in [3.8, 4) is 5.69 Å². The van der Waals surface area contributed by atoms with Crippen molar-refractivity contribution in [1.29, 1.82) is 0 Å². The molecule has 0 aliphatic heterocycles. The molecule has 0 aliphatic carbocycles. The summed E-state index contributed by atoms with van der Waals surface area (Å²) in [5.74, 6) is -0.207. The summed E-state index contributed by atoms with van der Waals surface area (Å²) >= 11 is 6.33. The van der Waals surface area contributed by atoms with Crippen molar-refractivity contribution in [2.75, 3.05) is 29.1 Å². The molecule has 2 aromatic carbocycles. The molecule has 0 spiro atoms. The van der Waals surface area contributed by atoms with Crippen LogP contribution in [0.25, 0.3) is 16.5 Å². The van der Waals surface area contributed by atoms with Crippen LogP contribution < -0.4 is 21.5 Å². The van der Waals surface area contributed by atoms with Crippen LogP contribution in [0.5, 0.6) is 0 Å². The number of hydrogen-bond acceptors (Lipinski definition) is 5. The maximum Gasteiger partial charge on any atom is 0.323 e. The summed E-state index contributed by atoms with van der Waals surface area (Å²) < 4.78 is 16.0. The molecular weight excluding hydrogens is 473 g/mol. The summed E-state index contributed by atoms with van der Waals surface area (Å²) in [6, 6.07) is 12.2. The van der Waals surface area contributed by atoms with Gasteiger partial charge in [0.05, 0.1) is 23.0 Å².